The molecular weight excluding hydrogens is 252 g/mol. The van der Waals surface area contributed by atoms with E-state index >= 15 is 0 Å². The van der Waals surface area contributed by atoms with Crippen LogP contribution in [0.15, 0.2) is 53.5 Å². The van der Waals surface area contributed by atoms with E-state index in [9.17, 15) is 9.90 Å². The third-order valence-electron chi connectivity index (χ3n) is 3.39. The van der Waals surface area contributed by atoms with Gasteiger partial charge in [-0.2, -0.15) is 0 Å². The van der Waals surface area contributed by atoms with E-state index in [0.717, 1.165) is 0 Å². The minimum absolute atomic E-state index is 0.0546. The van der Waals surface area contributed by atoms with Gasteiger partial charge in [-0.05, 0) is 24.3 Å². The number of H-pyrrole nitrogens is 1. The number of benzene rings is 2. The molecule has 96 valence electrons. The maximum atomic E-state index is 12.4. The molecule has 0 unspecified atom stereocenters. The number of rotatable bonds is 1. The molecule has 0 aliphatic carbocycles. The Bertz CT molecular complexity index is 989. The first-order valence-corrected chi connectivity index (χ1v) is 6.10. The smallest absolute Gasteiger partial charge is 0.215 e. The van der Waals surface area contributed by atoms with Crippen LogP contribution in [0.25, 0.3) is 10.9 Å². The first kappa shape index (κ1) is 9.09. The van der Waals surface area contributed by atoms with Gasteiger partial charge in [-0.25, -0.2) is 4.99 Å². The van der Waals surface area contributed by atoms with Crippen molar-refractivity contribution in [3.05, 3.63) is 59.7 Å². The number of aromatic amines is 1. The lowest BCUT2D eigenvalue weighted by atomic mass is 10.1. The highest BCUT2D eigenvalue weighted by Crippen LogP contribution is 2.34. The predicted molar refractivity (Wildman–Crippen MR) is 76.9 cm³/mol. The van der Waals surface area contributed by atoms with Crippen molar-refractivity contribution in [1.82, 2.24) is 4.98 Å². The number of hydrogen-bond donors (Lipinski definition) is 2. The van der Waals surface area contributed by atoms with Crippen LogP contribution in [0.3, 0.4) is 0 Å². The van der Waals surface area contributed by atoms with Gasteiger partial charge in [-0.1, -0.05) is 24.2 Å². The molecule has 2 aromatic carbocycles. The highest BCUT2D eigenvalue weighted by molar-refractivity contribution is 6.55. The average molecular weight is 264 g/mol. The molecule has 0 fully saturated rings. The van der Waals surface area contributed by atoms with Crippen LogP contribution >= 0.6 is 0 Å². The third-order valence-corrected chi connectivity index (χ3v) is 3.39. The van der Waals surface area contributed by atoms with Crippen molar-refractivity contribution < 1.29 is 12.6 Å². The van der Waals surface area contributed by atoms with Crippen LogP contribution in [0.2, 0.25) is 0 Å². The van der Waals surface area contributed by atoms with Crippen LogP contribution in [0.4, 0.5) is 5.69 Å². The van der Waals surface area contributed by atoms with E-state index in [1.807, 2.05) is 0 Å². The Morgan fingerprint density at radius 2 is 1.95 bits per heavy atom. The van der Waals surface area contributed by atoms with Gasteiger partial charge in [0.15, 0.2) is 5.75 Å². The molecule has 0 saturated heterocycles. The zero-order chi connectivity index (χ0) is 15.4. The van der Waals surface area contributed by atoms with Crippen molar-refractivity contribution in [2.24, 2.45) is 4.99 Å². The van der Waals surface area contributed by atoms with Crippen molar-refractivity contribution >= 4 is 28.1 Å². The highest BCUT2D eigenvalue weighted by Gasteiger charge is 2.29. The SMILES string of the molecule is [2H]c1ccc2c(c1)N=C(c1[nH]c3cc([2H])ccc3c1O)C2=O. The van der Waals surface area contributed by atoms with Crippen molar-refractivity contribution in [2.45, 2.75) is 0 Å². The third kappa shape index (κ3) is 1.36. The van der Waals surface area contributed by atoms with Crippen LogP contribution in [-0.2, 0) is 0 Å². The van der Waals surface area contributed by atoms with Crippen molar-refractivity contribution in [2.75, 3.05) is 0 Å². The number of fused-ring (bicyclic) bond motifs is 2. The summed E-state index contributed by atoms with van der Waals surface area (Å²) in [6.45, 7) is 0. The molecule has 2 N–H and O–H groups in total. The number of para-hydroxylation sites is 2. The Kier molecular flexibility index (Phi) is 1.73. The molecule has 1 aliphatic heterocycles. The minimum atomic E-state index is -0.289. The van der Waals surface area contributed by atoms with Gasteiger partial charge >= 0.3 is 0 Å². The van der Waals surface area contributed by atoms with Crippen molar-refractivity contribution in [3.8, 4) is 5.75 Å². The van der Waals surface area contributed by atoms with E-state index in [1.165, 1.54) is 12.1 Å². The molecule has 1 aromatic heterocycles. The second-order valence-electron chi connectivity index (χ2n) is 4.55. The molecule has 0 saturated carbocycles. The molecule has 0 amide bonds. The molecule has 0 bridgehead atoms. The van der Waals surface area contributed by atoms with E-state index in [2.05, 4.69) is 9.98 Å². The molecule has 4 nitrogen and oxygen atoms in total. The Balaban J connectivity index is 1.92. The maximum absolute atomic E-state index is 12.4. The highest BCUT2D eigenvalue weighted by atomic mass is 16.3. The zero-order valence-electron chi connectivity index (χ0n) is 12.3. The fraction of sp³-hybridized carbons (Fsp3) is 0. The molecule has 0 spiro atoms. The second kappa shape index (κ2) is 3.81. The summed E-state index contributed by atoms with van der Waals surface area (Å²) in [5, 5.41) is 10.9. The van der Waals surface area contributed by atoms with Crippen LogP contribution in [0, 0.1) is 0 Å². The van der Waals surface area contributed by atoms with Crippen LogP contribution in [-0.4, -0.2) is 21.6 Å². The molecule has 4 rings (SSSR count). The van der Waals surface area contributed by atoms with Gasteiger partial charge in [-0.15, -0.1) is 0 Å². The molecule has 0 atom stereocenters. The summed E-state index contributed by atoms with van der Waals surface area (Å²) in [6, 6.07) is 9.97. The van der Waals surface area contributed by atoms with Gasteiger partial charge in [-0.3, -0.25) is 4.79 Å². The van der Waals surface area contributed by atoms with Gasteiger partial charge in [0, 0.05) is 16.5 Å². The van der Waals surface area contributed by atoms with E-state index in [0.29, 0.717) is 28.2 Å². The number of nitrogens with one attached hydrogen (secondary N) is 1. The van der Waals surface area contributed by atoms with Gasteiger partial charge in [0.2, 0.25) is 5.78 Å². The maximum Gasteiger partial charge on any atom is 0.215 e. The Morgan fingerprint density at radius 1 is 1.15 bits per heavy atom. The lowest BCUT2D eigenvalue weighted by Crippen LogP contribution is -2.11. The quantitative estimate of drug-likeness (QED) is 0.708. The normalized spacial score (nSPS) is 15.0. The van der Waals surface area contributed by atoms with Gasteiger partial charge in [0.25, 0.3) is 0 Å². The number of Topliss-reactive ketones (excluding diaryl/α,β-unsaturated/α-hetero) is 1. The standard InChI is InChI=1S/C16H10N2O2/c19-15-9-5-1-3-7-11(9)17-13(15)14-16(20)10-6-2-4-8-12(10)18-14/h1-8,17,19H/i3D,4D. The number of ketones is 1. The summed E-state index contributed by atoms with van der Waals surface area (Å²) in [5.74, 6) is -0.344. The number of aromatic nitrogens is 1. The predicted octanol–water partition coefficient (Wildman–Crippen LogP) is 3.19. The van der Waals surface area contributed by atoms with E-state index in [4.69, 9.17) is 2.74 Å². The van der Waals surface area contributed by atoms with Crippen molar-refractivity contribution in [1.29, 1.82) is 0 Å². The van der Waals surface area contributed by atoms with Gasteiger partial charge in [0.1, 0.15) is 11.4 Å². The first-order valence-electron chi connectivity index (χ1n) is 7.10. The minimum Gasteiger partial charge on any atom is -0.505 e. The van der Waals surface area contributed by atoms with Gasteiger partial charge in [0.05, 0.1) is 8.43 Å². The first-order chi connectivity index (χ1) is 10.5. The topological polar surface area (TPSA) is 65.4 Å². The van der Waals surface area contributed by atoms with Crippen LogP contribution in [0.5, 0.6) is 5.75 Å². The number of carbonyl (C=O) groups is 1. The second-order valence-corrected chi connectivity index (χ2v) is 4.55. The fourth-order valence-corrected chi connectivity index (χ4v) is 2.41. The number of carbonyl (C=O) groups excluding carboxylic acids is 1. The van der Waals surface area contributed by atoms with Crippen LogP contribution in [0.1, 0.15) is 18.8 Å². The summed E-state index contributed by atoms with van der Waals surface area (Å²) < 4.78 is 15.2. The van der Waals surface area contributed by atoms with Crippen LogP contribution < -0.4 is 0 Å². The summed E-state index contributed by atoms with van der Waals surface area (Å²) in [6.07, 6.45) is 0. The fourth-order valence-electron chi connectivity index (χ4n) is 2.41. The molecule has 20 heavy (non-hydrogen) atoms. The summed E-state index contributed by atoms with van der Waals surface area (Å²) in [7, 11) is 0. The molecule has 2 heterocycles. The summed E-state index contributed by atoms with van der Waals surface area (Å²) in [5.41, 5.74) is 1.80. The lowest BCUT2D eigenvalue weighted by molar-refractivity contribution is 0.107. The molecule has 4 heteroatoms. The number of aliphatic imine (C=N–C) groups is 1. The van der Waals surface area contributed by atoms with E-state index in [-0.39, 0.29) is 29.0 Å². The number of aromatic hydroxyl groups is 1. The Labute approximate surface area is 117 Å². The molecule has 1 aliphatic rings. The molecular formula is C16H10N2O2. The molecule has 3 aromatic rings. The monoisotopic (exact) mass is 264 g/mol. The Morgan fingerprint density at radius 3 is 2.85 bits per heavy atom. The average Bonchev–Trinajstić information content (AvgIpc) is 2.96. The van der Waals surface area contributed by atoms with Crippen molar-refractivity contribution in [3.63, 3.8) is 0 Å². The zero-order valence-corrected chi connectivity index (χ0v) is 10.3. The summed E-state index contributed by atoms with van der Waals surface area (Å²) in [4.78, 5) is 19.7. The number of nitrogens with zero attached hydrogens (tertiary/aromatic N) is 1. The summed E-state index contributed by atoms with van der Waals surface area (Å²) >= 11 is 0. The largest absolute Gasteiger partial charge is 0.505 e. The lowest BCUT2D eigenvalue weighted by Gasteiger charge is -1.96. The number of hydrogen-bond acceptors (Lipinski definition) is 3. The van der Waals surface area contributed by atoms with E-state index in [1.54, 1.807) is 24.3 Å². The Hall–Kier alpha value is -2.88. The van der Waals surface area contributed by atoms with E-state index < -0.39 is 0 Å². The molecule has 0 radical (unpaired) electrons. The van der Waals surface area contributed by atoms with Gasteiger partial charge < -0.3 is 10.1 Å².